The lowest BCUT2D eigenvalue weighted by Crippen LogP contribution is -2.38. The molecule has 2 aliphatic rings. The van der Waals surface area contributed by atoms with E-state index in [0.29, 0.717) is 54.6 Å². The maximum absolute atomic E-state index is 13.1. The van der Waals surface area contributed by atoms with Gasteiger partial charge in [0.2, 0.25) is 0 Å². The average molecular weight is 455 g/mol. The summed E-state index contributed by atoms with van der Waals surface area (Å²) in [5.74, 6) is 1.50. The number of aryl methyl sites for hydroxylation is 1. The maximum Gasteiger partial charge on any atom is 0.301 e. The van der Waals surface area contributed by atoms with Gasteiger partial charge in [0.05, 0.1) is 21.6 Å². The van der Waals surface area contributed by atoms with Crippen molar-refractivity contribution in [2.75, 3.05) is 18.5 Å². The number of furan rings is 1. The number of nitro groups is 2. The second-order valence-corrected chi connectivity index (χ2v) is 8.57. The molecule has 0 spiro atoms. The second kappa shape index (κ2) is 9.00. The Hall–Kier alpha value is -3.76. The van der Waals surface area contributed by atoms with Gasteiger partial charge in [-0.25, -0.2) is 0 Å². The number of hydrogen-bond acceptors (Lipinski definition) is 8. The SMILES string of the molecule is Cc1c(C(=O)N2CCC(C)CC2)oc2c1/C(=N/Nc1ccc([N+](=O)[O-])cc1[N+](=O)[O-])CCC2. The smallest absolute Gasteiger partial charge is 0.301 e. The highest BCUT2D eigenvalue weighted by Gasteiger charge is 2.31. The molecule has 1 aromatic heterocycles. The van der Waals surface area contributed by atoms with Crippen molar-refractivity contribution in [3.05, 3.63) is 61.1 Å². The summed E-state index contributed by atoms with van der Waals surface area (Å²) in [6.45, 7) is 5.43. The number of benzene rings is 1. The van der Waals surface area contributed by atoms with Gasteiger partial charge in [0, 0.05) is 36.7 Å². The molecule has 1 aliphatic carbocycles. The van der Waals surface area contributed by atoms with Crippen molar-refractivity contribution in [3.8, 4) is 0 Å². The van der Waals surface area contributed by atoms with E-state index in [4.69, 9.17) is 4.42 Å². The fraction of sp³-hybridized carbons (Fsp3) is 0.455. The van der Waals surface area contributed by atoms with Gasteiger partial charge in [0.25, 0.3) is 11.6 Å². The summed E-state index contributed by atoms with van der Waals surface area (Å²) in [5, 5.41) is 26.7. The number of likely N-dealkylation sites (tertiary alicyclic amines) is 1. The van der Waals surface area contributed by atoms with Crippen molar-refractivity contribution in [2.24, 2.45) is 11.0 Å². The van der Waals surface area contributed by atoms with Gasteiger partial charge in [-0.1, -0.05) is 6.92 Å². The van der Waals surface area contributed by atoms with Crippen LogP contribution in [0.3, 0.4) is 0 Å². The van der Waals surface area contributed by atoms with Crippen LogP contribution in [0.1, 0.15) is 60.0 Å². The Morgan fingerprint density at radius 3 is 2.58 bits per heavy atom. The molecule has 11 nitrogen and oxygen atoms in total. The zero-order valence-corrected chi connectivity index (χ0v) is 18.5. The lowest BCUT2D eigenvalue weighted by atomic mass is 9.93. The summed E-state index contributed by atoms with van der Waals surface area (Å²) in [6.07, 6.45) is 3.98. The highest BCUT2D eigenvalue weighted by atomic mass is 16.6. The van der Waals surface area contributed by atoms with Crippen LogP contribution in [-0.4, -0.2) is 39.5 Å². The van der Waals surface area contributed by atoms with E-state index in [1.54, 1.807) is 0 Å². The molecule has 1 fully saturated rings. The fourth-order valence-electron chi connectivity index (χ4n) is 4.35. The Kier molecular flexibility index (Phi) is 6.12. The van der Waals surface area contributed by atoms with Crippen LogP contribution in [0.15, 0.2) is 27.7 Å². The van der Waals surface area contributed by atoms with Crippen LogP contribution in [0.5, 0.6) is 0 Å². The largest absolute Gasteiger partial charge is 0.455 e. The first-order valence-electron chi connectivity index (χ1n) is 10.9. The van der Waals surface area contributed by atoms with Crippen molar-refractivity contribution in [1.82, 2.24) is 4.90 Å². The number of hydrazone groups is 1. The van der Waals surface area contributed by atoms with Crippen molar-refractivity contribution in [2.45, 2.75) is 46.0 Å². The van der Waals surface area contributed by atoms with E-state index in [0.717, 1.165) is 30.9 Å². The highest BCUT2D eigenvalue weighted by Crippen LogP contribution is 2.33. The van der Waals surface area contributed by atoms with E-state index in [1.165, 1.54) is 12.1 Å². The second-order valence-electron chi connectivity index (χ2n) is 8.57. The molecular weight excluding hydrogens is 430 g/mol. The third kappa shape index (κ3) is 4.43. The quantitative estimate of drug-likeness (QED) is 0.518. The Morgan fingerprint density at radius 2 is 1.91 bits per heavy atom. The van der Waals surface area contributed by atoms with E-state index >= 15 is 0 Å². The highest BCUT2D eigenvalue weighted by molar-refractivity contribution is 6.06. The zero-order valence-electron chi connectivity index (χ0n) is 18.5. The summed E-state index contributed by atoms with van der Waals surface area (Å²) in [4.78, 5) is 35.9. The lowest BCUT2D eigenvalue weighted by molar-refractivity contribution is -0.393. The van der Waals surface area contributed by atoms with Crippen LogP contribution in [0.4, 0.5) is 17.1 Å². The van der Waals surface area contributed by atoms with E-state index in [9.17, 15) is 25.0 Å². The van der Waals surface area contributed by atoms with Crippen molar-refractivity contribution >= 4 is 28.7 Å². The summed E-state index contributed by atoms with van der Waals surface area (Å²) >= 11 is 0. The third-order valence-corrected chi connectivity index (χ3v) is 6.29. The predicted molar refractivity (Wildman–Crippen MR) is 121 cm³/mol. The zero-order chi connectivity index (χ0) is 23.7. The number of hydrogen-bond donors (Lipinski definition) is 1. The van der Waals surface area contributed by atoms with Crippen LogP contribution in [0.25, 0.3) is 0 Å². The van der Waals surface area contributed by atoms with Crippen LogP contribution in [0, 0.1) is 33.1 Å². The summed E-state index contributed by atoms with van der Waals surface area (Å²) < 4.78 is 5.98. The Labute approximate surface area is 189 Å². The molecule has 1 aliphatic heterocycles. The minimum atomic E-state index is -0.693. The number of rotatable bonds is 5. The van der Waals surface area contributed by atoms with Gasteiger partial charge < -0.3 is 9.32 Å². The minimum Gasteiger partial charge on any atom is -0.455 e. The molecule has 174 valence electrons. The van der Waals surface area contributed by atoms with Gasteiger partial charge in [-0.15, -0.1) is 0 Å². The third-order valence-electron chi connectivity index (χ3n) is 6.29. The summed E-state index contributed by atoms with van der Waals surface area (Å²) in [7, 11) is 0. The molecule has 0 radical (unpaired) electrons. The molecule has 1 amide bonds. The van der Waals surface area contributed by atoms with Gasteiger partial charge in [-0.05, 0) is 44.6 Å². The normalized spacial score (nSPS) is 17.6. The molecule has 2 aromatic rings. The summed E-state index contributed by atoms with van der Waals surface area (Å²) in [6, 6.07) is 3.34. The molecule has 0 unspecified atom stereocenters. The number of nitro benzene ring substituents is 2. The first-order valence-corrected chi connectivity index (χ1v) is 10.9. The topological polar surface area (TPSA) is 144 Å². The Morgan fingerprint density at radius 1 is 1.18 bits per heavy atom. The monoisotopic (exact) mass is 455 g/mol. The maximum atomic E-state index is 13.1. The number of nitrogens with zero attached hydrogens (tertiary/aromatic N) is 4. The molecule has 1 saturated heterocycles. The minimum absolute atomic E-state index is 0.0464. The molecular formula is C22H25N5O6. The number of amides is 1. The molecule has 2 heterocycles. The number of fused-ring (bicyclic) bond motifs is 1. The van der Waals surface area contributed by atoms with E-state index in [-0.39, 0.29) is 17.3 Å². The molecule has 4 rings (SSSR count). The number of carbonyl (C=O) groups excluding carboxylic acids is 1. The molecule has 11 heteroatoms. The number of non-ortho nitro benzene ring substituents is 1. The van der Waals surface area contributed by atoms with Crippen LogP contribution < -0.4 is 5.43 Å². The lowest BCUT2D eigenvalue weighted by Gasteiger charge is -2.29. The van der Waals surface area contributed by atoms with Crippen molar-refractivity contribution in [1.29, 1.82) is 0 Å². The summed E-state index contributed by atoms with van der Waals surface area (Å²) in [5.41, 5.74) is 4.03. The molecule has 0 bridgehead atoms. The van der Waals surface area contributed by atoms with E-state index in [1.807, 2.05) is 11.8 Å². The number of nitrogens with one attached hydrogen (secondary N) is 1. The number of anilines is 1. The van der Waals surface area contributed by atoms with Gasteiger partial charge in [-0.3, -0.25) is 30.4 Å². The molecule has 1 aromatic carbocycles. The molecule has 0 atom stereocenters. The van der Waals surface area contributed by atoms with Crippen molar-refractivity contribution in [3.63, 3.8) is 0 Å². The van der Waals surface area contributed by atoms with Gasteiger partial charge >= 0.3 is 5.69 Å². The number of piperidine rings is 1. The molecule has 33 heavy (non-hydrogen) atoms. The number of carbonyl (C=O) groups is 1. The molecule has 1 N–H and O–H groups in total. The average Bonchev–Trinajstić information content (AvgIpc) is 3.14. The predicted octanol–water partition coefficient (Wildman–Crippen LogP) is 4.43. The first kappa shape index (κ1) is 22.4. The Balaban J connectivity index is 1.62. The standard InChI is InChI=1S/C22H25N5O6/c1-13-8-10-25(11-9-13)22(28)21-14(2)20-17(4-3-5-19(20)33-21)24-23-16-7-6-15(26(29)30)12-18(16)27(31)32/h6-7,12-13,23H,3-5,8-11H2,1-2H3/b24-17+. The van der Waals surface area contributed by atoms with Crippen LogP contribution in [0.2, 0.25) is 0 Å². The van der Waals surface area contributed by atoms with Gasteiger partial charge in [-0.2, -0.15) is 5.10 Å². The van der Waals surface area contributed by atoms with Gasteiger partial charge in [0.15, 0.2) is 5.76 Å². The van der Waals surface area contributed by atoms with E-state index in [2.05, 4.69) is 17.5 Å². The van der Waals surface area contributed by atoms with E-state index < -0.39 is 15.5 Å². The van der Waals surface area contributed by atoms with Gasteiger partial charge in [0.1, 0.15) is 11.4 Å². The first-order chi connectivity index (χ1) is 15.8. The van der Waals surface area contributed by atoms with Crippen LogP contribution in [-0.2, 0) is 6.42 Å². The fourth-order valence-corrected chi connectivity index (χ4v) is 4.35. The van der Waals surface area contributed by atoms with Crippen LogP contribution >= 0.6 is 0 Å². The Bertz CT molecular complexity index is 1150. The molecule has 0 saturated carbocycles. The van der Waals surface area contributed by atoms with Crippen molar-refractivity contribution < 1.29 is 19.1 Å².